The molecule has 30 heavy (non-hydrogen) atoms. The number of hydrogen-bond donors (Lipinski definition) is 1. The van der Waals surface area contributed by atoms with Crippen LogP contribution in [-0.2, 0) is 13.0 Å². The van der Waals surface area contributed by atoms with Crippen LogP contribution in [0.4, 0.5) is 5.69 Å². The number of ether oxygens (including phenoxy) is 1. The van der Waals surface area contributed by atoms with Gasteiger partial charge in [0.25, 0.3) is 0 Å². The van der Waals surface area contributed by atoms with Gasteiger partial charge in [-0.3, -0.25) is 0 Å². The van der Waals surface area contributed by atoms with Gasteiger partial charge < -0.3 is 10.1 Å². The summed E-state index contributed by atoms with van der Waals surface area (Å²) in [6, 6.07) is 37.9. The van der Waals surface area contributed by atoms with Crippen molar-refractivity contribution in [1.82, 2.24) is 0 Å². The summed E-state index contributed by atoms with van der Waals surface area (Å²) in [4.78, 5) is 0. The van der Waals surface area contributed by atoms with Gasteiger partial charge in [-0.15, -0.1) is 0 Å². The minimum atomic E-state index is 0.732. The highest BCUT2D eigenvalue weighted by atomic mass is 16.5. The van der Waals surface area contributed by atoms with Crippen LogP contribution in [0.15, 0.2) is 109 Å². The molecule has 1 N–H and O–H groups in total. The molecule has 0 aliphatic rings. The van der Waals surface area contributed by atoms with E-state index in [9.17, 15) is 0 Å². The first kappa shape index (κ1) is 19.8. The number of aryl methyl sites for hydroxylation is 1. The smallest absolute Gasteiger partial charge is 0.119 e. The molecule has 0 bridgehead atoms. The number of anilines is 1. The summed E-state index contributed by atoms with van der Waals surface area (Å²) < 4.78 is 5.87. The molecule has 0 aliphatic carbocycles. The van der Waals surface area contributed by atoms with Crippen LogP contribution in [0.5, 0.6) is 5.75 Å². The topological polar surface area (TPSA) is 21.3 Å². The van der Waals surface area contributed by atoms with Crippen LogP contribution >= 0.6 is 0 Å². The lowest BCUT2D eigenvalue weighted by Crippen LogP contribution is -2.01. The van der Waals surface area contributed by atoms with Crippen molar-refractivity contribution < 1.29 is 4.74 Å². The second-order valence-corrected chi connectivity index (χ2v) is 7.38. The molecule has 150 valence electrons. The predicted molar refractivity (Wildman–Crippen MR) is 126 cm³/mol. The molecule has 0 aromatic heterocycles. The van der Waals surface area contributed by atoms with Crippen molar-refractivity contribution >= 4 is 5.69 Å². The summed E-state index contributed by atoms with van der Waals surface area (Å²) in [6.45, 7) is 1.53. The maximum Gasteiger partial charge on any atom is 0.119 e. The van der Waals surface area contributed by atoms with E-state index in [0.717, 1.165) is 37.4 Å². The normalized spacial score (nSPS) is 10.5. The Morgan fingerprint density at radius 2 is 1.20 bits per heavy atom. The third-order valence-corrected chi connectivity index (χ3v) is 5.13. The minimum absolute atomic E-state index is 0.732. The number of benzene rings is 4. The zero-order chi connectivity index (χ0) is 20.4. The molecule has 0 heterocycles. The maximum absolute atomic E-state index is 5.87. The zero-order valence-electron chi connectivity index (χ0n) is 17.1. The van der Waals surface area contributed by atoms with Gasteiger partial charge in [0.1, 0.15) is 5.75 Å². The van der Waals surface area contributed by atoms with E-state index in [-0.39, 0.29) is 0 Å². The van der Waals surface area contributed by atoms with Gasteiger partial charge in [0.2, 0.25) is 0 Å². The third kappa shape index (κ3) is 5.74. The van der Waals surface area contributed by atoms with Gasteiger partial charge in [0.05, 0.1) is 6.61 Å². The lowest BCUT2D eigenvalue weighted by atomic mass is 10.0. The Morgan fingerprint density at radius 1 is 0.567 bits per heavy atom. The minimum Gasteiger partial charge on any atom is -0.494 e. The van der Waals surface area contributed by atoms with E-state index in [1.807, 2.05) is 18.2 Å². The maximum atomic E-state index is 5.87. The van der Waals surface area contributed by atoms with Gasteiger partial charge in [-0.1, -0.05) is 84.9 Å². The summed E-state index contributed by atoms with van der Waals surface area (Å²) in [5.41, 5.74) is 6.21. The number of nitrogens with one attached hydrogen (secondary N) is 1. The Hall–Kier alpha value is -3.52. The molecule has 4 aromatic rings. The Morgan fingerprint density at radius 3 is 1.90 bits per heavy atom. The Bertz CT molecular complexity index is 1010. The average molecular weight is 394 g/mol. The molecule has 4 rings (SSSR count). The quantitative estimate of drug-likeness (QED) is 0.310. The first-order chi connectivity index (χ1) is 14.9. The summed E-state index contributed by atoms with van der Waals surface area (Å²) in [6.07, 6.45) is 2.06. The van der Waals surface area contributed by atoms with Crippen molar-refractivity contribution in [3.63, 3.8) is 0 Å². The molecule has 2 heteroatoms. The molecular weight excluding hydrogens is 366 g/mol. The lowest BCUT2D eigenvalue weighted by molar-refractivity contribution is 0.311. The Balaban J connectivity index is 1.22. The SMILES string of the molecule is c1ccc(CCCOc2ccc(NCc3ccc(-c4ccccc4)cc3)cc2)cc1. The van der Waals surface area contributed by atoms with Crippen LogP contribution in [0.3, 0.4) is 0 Å². The van der Waals surface area contributed by atoms with Crippen molar-refractivity contribution in [3.8, 4) is 16.9 Å². The molecule has 4 aromatic carbocycles. The van der Waals surface area contributed by atoms with E-state index in [0.29, 0.717) is 0 Å². The average Bonchev–Trinajstić information content (AvgIpc) is 2.83. The summed E-state index contributed by atoms with van der Waals surface area (Å²) >= 11 is 0. The standard InChI is InChI=1S/C28H27NO/c1-3-8-23(9-4-1)10-7-21-30-28-19-17-27(18-20-28)29-22-24-13-15-26(16-14-24)25-11-5-2-6-12-25/h1-6,8-9,11-20,29H,7,10,21-22H2. The van der Waals surface area contributed by atoms with Gasteiger partial charge in [-0.25, -0.2) is 0 Å². The van der Waals surface area contributed by atoms with Crippen molar-refractivity contribution in [2.24, 2.45) is 0 Å². The van der Waals surface area contributed by atoms with Crippen molar-refractivity contribution in [1.29, 1.82) is 0 Å². The summed E-state index contributed by atoms with van der Waals surface area (Å²) in [5, 5.41) is 3.48. The van der Waals surface area contributed by atoms with E-state index >= 15 is 0 Å². The van der Waals surface area contributed by atoms with E-state index in [4.69, 9.17) is 4.74 Å². The molecule has 0 radical (unpaired) electrons. The van der Waals surface area contributed by atoms with Gasteiger partial charge in [-0.2, -0.15) is 0 Å². The molecular formula is C28H27NO. The van der Waals surface area contributed by atoms with E-state index in [2.05, 4.69) is 96.3 Å². The molecule has 0 aliphatic heterocycles. The first-order valence-corrected chi connectivity index (χ1v) is 10.5. The number of rotatable bonds is 9. The van der Waals surface area contributed by atoms with Gasteiger partial charge in [-0.05, 0) is 59.4 Å². The van der Waals surface area contributed by atoms with Crippen LogP contribution in [0.2, 0.25) is 0 Å². The Labute approximate surface area is 179 Å². The molecule has 0 spiro atoms. The fraction of sp³-hybridized carbons (Fsp3) is 0.143. The molecule has 0 atom stereocenters. The largest absolute Gasteiger partial charge is 0.494 e. The molecule has 0 saturated carbocycles. The molecule has 0 saturated heterocycles. The number of hydrogen-bond acceptors (Lipinski definition) is 2. The van der Waals surface area contributed by atoms with Crippen molar-refractivity contribution in [3.05, 3.63) is 120 Å². The van der Waals surface area contributed by atoms with E-state index < -0.39 is 0 Å². The second-order valence-electron chi connectivity index (χ2n) is 7.38. The van der Waals surface area contributed by atoms with E-state index in [1.165, 1.54) is 22.3 Å². The molecule has 0 amide bonds. The Kier molecular flexibility index (Phi) is 6.80. The van der Waals surface area contributed by atoms with Crippen molar-refractivity contribution in [2.45, 2.75) is 19.4 Å². The van der Waals surface area contributed by atoms with E-state index in [1.54, 1.807) is 0 Å². The predicted octanol–water partition coefficient (Wildman–Crippen LogP) is 6.98. The van der Waals surface area contributed by atoms with Crippen LogP contribution < -0.4 is 10.1 Å². The first-order valence-electron chi connectivity index (χ1n) is 10.5. The van der Waals surface area contributed by atoms with Crippen LogP contribution in [-0.4, -0.2) is 6.61 Å². The van der Waals surface area contributed by atoms with Gasteiger partial charge in [0, 0.05) is 12.2 Å². The second kappa shape index (κ2) is 10.3. The monoisotopic (exact) mass is 393 g/mol. The van der Waals surface area contributed by atoms with Crippen LogP contribution in [0.25, 0.3) is 11.1 Å². The highest BCUT2D eigenvalue weighted by Crippen LogP contribution is 2.20. The molecule has 0 unspecified atom stereocenters. The highest BCUT2D eigenvalue weighted by Gasteiger charge is 2.00. The fourth-order valence-electron chi connectivity index (χ4n) is 3.43. The van der Waals surface area contributed by atoms with Crippen molar-refractivity contribution in [2.75, 3.05) is 11.9 Å². The zero-order valence-corrected chi connectivity index (χ0v) is 17.1. The lowest BCUT2D eigenvalue weighted by Gasteiger charge is -2.10. The fourth-order valence-corrected chi connectivity index (χ4v) is 3.43. The van der Waals surface area contributed by atoms with Gasteiger partial charge >= 0.3 is 0 Å². The third-order valence-electron chi connectivity index (χ3n) is 5.13. The molecule has 0 fully saturated rings. The molecule has 2 nitrogen and oxygen atoms in total. The van der Waals surface area contributed by atoms with Crippen LogP contribution in [0.1, 0.15) is 17.5 Å². The van der Waals surface area contributed by atoms with Gasteiger partial charge in [0.15, 0.2) is 0 Å². The highest BCUT2D eigenvalue weighted by molar-refractivity contribution is 5.63. The summed E-state index contributed by atoms with van der Waals surface area (Å²) in [7, 11) is 0. The van der Waals surface area contributed by atoms with Crippen LogP contribution in [0, 0.1) is 0 Å². The summed E-state index contributed by atoms with van der Waals surface area (Å²) in [5.74, 6) is 0.917.